The van der Waals surface area contributed by atoms with E-state index in [1.165, 1.54) is 75.2 Å². The first kappa shape index (κ1) is 22.7. The number of nitrogens with zero attached hydrogens (tertiary/aromatic N) is 2. The lowest BCUT2D eigenvalue weighted by atomic mass is 9.81. The zero-order valence-electron chi connectivity index (χ0n) is 22.6. The van der Waals surface area contributed by atoms with Gasteiger partial charge in [-0.25, -0.2) is 4.57 Å². The molecule has 0 spiro atoms. The summed E-state index contributed by atoms with van der Waals surface area (Å²) in [6.07, 6.45) is 8.15. The maximum atomic E-state index is 7.04. The van der Waals surface area contributed by atoms with Crippen LogP contribution in [0.15, 0.2) is 54.9 Å². The third-order valence-electron chi connectivity index (χ3n) is 8.59. The Hall–Kier alpha value is -3.46. The van der Waals surface area contributed by atoms with Crippen molar-refractivity contribution in [3.05, 3.63) is 71.5 Å². The largest absolute Gasteiger partial charge is 0.455 e. The molecular formula is C34H35N2O+. The van der Waals surface area contributed by atoms with Crippen LogP contribution in [0, 0.1) is 12.3 Å². The van der Waals surface area contributed by atoms with E-state index in [0.29, 0.717) is 5.92 Å². The van der Waals surface area contributed by atoms with Crippen LogP contribution in [-0.4, -0.2) is 4.98 Å². The summed E-state index contributed by atoms with van der Waals surface area (Å²) in [4.78, 5) is 5.01. The van der Waals surface area contributed by atoms with Crippen molar-refractivity contribution in [2.75, 3.05) is 0 Å². The minimum atomic E-state index is 0.129. The Kier molecular flexibility index (Phi) is 4.92. The van der Waals surface area contributed by atoms with Gasteiger partial charge in [0, 0.05) is 10.9 Å². The average molecular weight is 488 g/mol. The normalized spacial score (nSPS) is 15.5. The molecule has 4 aromatic carbocycles. The Labute approximate surface area is 219 Å². The molecule has 0 unspecified atom stereocenters. The third-order valence-corrected chi connectivity index (χ3v) is 8.59. The van der Waals surface area contributed by atoms with Gasteiger partial charge < -0.3 is 4.74 Å². The van der Waals surface area contributed by atoms with Gasteiger partial charge in [-0.05, 0) is 81.9 Å². The van der Waals surface area contributed by atoms with E-state index in [2.05, 4.69) is 87.8 Å². The third kappa shape index (κ3) is 3.40. The number of hydrogen-bond acceptors (Lipinski definition) is 2. The van der Waals surface area contributed by atoms with Crippen LogP contribution < -0.4 is 9.30 Å². The molecule has 0 amide bonds. The van der Waals surface area contributed by atoms with Crippen molar-refractivity contribution in [3.63, 3.8) is 0 Å². The van der Waals surface area contributed by atoms with Crippen LogP contribution in [0.1, 0.15) is 69.1 Å². The van der Waals surface area contributed by atoms with Crippen molar-refractivity contribution in [2.24, 2.45) is 12.5 Å². The van der Waals surface area contributed by atoms with Crippen molar-refractivity contribution < 1.29 is 9.30 Å². The molecule has 1 aliphatic carbocycles. The molecular weight excluding hydrogens is 452 g/mol. The molecule has 1 saturated carbocycles. The number of rotatable bonds is 2. The first-order valence-corrected chi connectivity index (χ1v) is 13.8. The minimum Gasteiger partial charge on any atom is -0.455 e. The summed E-state index contributed by atoms with van der Waals surface area (Å²) < 4.78 is 9.24. The summed E-state index contributed by atoms with van der Waals surface area (Å²) in [6, 6.07) is 18.0. The van der Waals surface area contributed by atoms with Gasteiger partial charge in [-0.15, -0.1) is 0 Å². The SMILES string of the molecule is Cc1c2c(c(CC(C)(C)C)c3ccccc13)Oc1cc3c(C4CCCC4)cccc3c3nc[n+](C)c-2c13. The smallest absolute Gasteiger partial charge is 0.287 e. The minimum absolute atomic E-state index is 0.129. The molecule has 5 aromatic rings. The maximum Gasteiger partial charge on any atom is 0.287 e. The van der Waals surface area contributed by atoms with Gasteiger partial charge in [0.15, 0.2) is 11.2 Å². The molecule has 186 valence electrons. The fourth-order valence-electron chi connectivity index (χ4n) is 6.99. The Morgan fingerprint density at radius 3 is 2.43 bits per heavy atom. The van der Waals surface area contributed by atoms with E-state index in [0.717, 1.165) is 28.8 Å². The lowest BCUT2D eigenvalue weighted by Gasteiger charge is -2.28. The van der Waals surface area contributed by atoms with E-state index in [1.807, 2.05) is 6.33 Å². The molecule has 2 aliphatic rings. The molecule has 0 bridgehead atoms. The van der Waals surface area contributed by atoms with Crippen LogP contribution in [0.25, 0.3) is 43.7 Å². The molecule has 37 heavy (non-hydrogen) atoms. The van der Waals surface area contributed by atoms with Crippen molar-refractivity contribution in [2.45, 2.75) is 65.7 Å². The highest BCUT2D eigenvalue weighted by atomic mass is 16.5. The number of benzene rings is 4. The first-order valence-electron chi connectivity index (χ1n) is 13.8. The fraction of sp³-hybridized carbons (Fsp3) is 0.353. The van der Waals surface area contributed by atoms with Gasteiger partial charge >= 0.3 is 0 Å². The monoisotopic (exact) mass is 487 g/mol. The predicted molar refractivity (Wildman–Crippen MR) is 153 cm³/mol. The van der Waals surface area contributed by atoms with Gasteiger partial charge in [0.25, 0.3) is 6.33 Å². The standard InChI is InChI=1S/C34H35N2O/c1-20-22-13-8-9-14-24(22)27(18-34(2,3)4)33-29(20)32-30-28(37-33)17-26-23(21-11-6-7-12-21)15-10-16-25(26)31(30)35-19-36(32)5/h8-10,13-17,19,21H,6-7,11-12,18H2,1-5H3/q+1. The van der Waals surface area contributed by atoms with Gasteiger partial charge in [0.05, 0.1) is 12.6 Å². The summed E-state index contributed by atoms with van der Waals surface area (Å²) in [7, 11) is 2.12. The van der Waals surface area contributed by atoms with E-state index in [1.54, 1.807) is 0 Å². The second kappa shape index (κ2) is 8.02. The second-order valence-electron chi connectivity index (χ2n) is 12.4. The number of hydrogen-bond donors (Lipinski definition) is 0. The molecule has 0 radical (unpaired) electrons. The topological polar surface area (TPSA) is 26.0 Å². The van der Waals surface area contributed by atoms with Gasteiger partial charge in [0.1, 0.15) is 16.9 Å². The highest BCUT2D eigenvalue weighted by molar-refractivity contribution is 6.15. The Morgan fingerprint density at radius 1 is 0.946 bits per heavy atom. The molecule has 2 heterocycles. The van der Waals surface area contributed by atoms with E-state index in [-0.39, 0.29) is 5.41 Å². The quantitative estimate of drug-likeness (QED) is 0.180. The number of ether oxygens (including phenoxy) is 1. The van der Waals surface area contributed by atoms with E-state index in [9.17, 15) is 0 Å². The Morgan fingerprint density at radius 2 is 1.68 bits per heavy atom. The molecule has 1 aromatic heterocycles. The maximum absolute atomic E-state index is 7.04. The van der Waals surface area contributed by atoms with Crippen molar-refractivity contribution in [1.82, 2.24) is 4.98 Å². The molecule has 3 heteroatoms. The Balaban J connectivity index is 1.61. The molecule has 0 atom stereocenters. The van der Waals surface area contributed by atoms with Crippen LogP contribution in [0.2, 0.25) is 0 Å². The summed E-state index contributed by atoms with van der Waals surface area (Å²) >= 11 is 0. The number of aromatic nitrogens is 2. The summed E-state index contributed by atoms with van der Waals surface area (Å²) in [5, 5.41) is 6.29. The molecule has 0 saturated heterocycles. The lowest BCUT2D eigenvalue weighted by Crippen LogP contribution is -2.33. The van der Waals surface area contributed by atoms with Gasteiger partial charge in [0.2, 0.25) is 0 Å². The van der Waals surface area contributed by atoms with Crippen LogP contribution in [-0.2, 0) is 13.5 Å². The molecule has 7 rings (SSSR count). The van der Waals surface area contributed by atoms with E-state index in [4.69, 9.17) is 9.72 Å². The van der Waals surface area contributed by atoms with Crippen LogP contribution in [0.4, 0.5) is 0 Å². The highest BCUT2D eigenvalue weighted by Gasteiger charge is 2.34. The molecule has 1 aliphatic heterocycles. The number of aryl methyl sites for hydroxylation is 2. The first-order chi connectivity index (χ1) is 17.8. The summed E-state index contributed by atoms with van der Waals surface area (Å²) in [5.74, 6) is 2.61. The fourth-order valence-corrected chi connectivity index (χ4v) is 6.99. The van der Waals surface area contributed by atoms with Crippen LogP contribution >= 0.6 is 0 Å². The summed E-state index contributed by atoms with van der Waals surface area (Å²) in [5.41, 5.74) is 7.66. The van der Waals surface area contributed by atoms with Crippen LogP contribution in [0.3, 0.4) is 0 Å². The zero-order valence-corrected chi connectivity index (χ0v) is 22.6. The van der Waals surface area contributed by atoms with Crippen molar-refractivity contribution in [3.8, 4) is 22.8 Å². The van der Waals surface area contributed by atoms with Crippen molar-refractivity contribution in [1.29, 1.82) is 0 Å². The summed E-state index contributed by atoms with van der Waals surface area (Å²) in [6.45, 7) is 9.20. The molecule has 0 N–H and O–H groups in total. The van der Waals surface area contributed by atoms with Gasteiger partial charge in [-0.2, -0.15) is 0 Å². The van der Waals surface area contributed by atoms with Gasteiger partial charge in [-0.3, -0.25) is 0 Å². The lowest BCUT2D eigenvalue weighted by molar-refractivity contribution is -0.662. The van der Waals surface area contributed by atoms with Crippen LogP contribution in [0.5, 0.6) is 11.5 Å². The zero-order chi connectivity index (χ0) is 25.5. The molecule has 1 fully saturated rings. The van der Waals surface area contributed by atoms with Gasteiger partial charge in [-0.1, -0.05) is 70.0 Å². The van der Waals surface area contributed by atoms with Crippen molar-refractivity contribution >= 4 is 32.4 Å². The van der Waals surface area contributed by atoms with E-state index < -0.39 is 0 Å². The highest BCUT2D eigenvalue weighted by Crippen LogP contribution is 2.53. The van der Waals surface area contributed by atoms with E-state index >= 15 is 0 Å². The second-order valence-corrected chi connectivity index (χ2v) is 12.4. The molecule has 3 nitrogen and oxygen atoms in total. The number of fused-ring (bicyclic) bond motifs is 5. The average Bonchev–Trinajstić information content (AvgIpc) is 3.41. The Bertz CT molecular complexity index is 1740. The predicted octanol–water partition coefficient (Wildman–Crippen LogP) is 8.69.